The molecule has 1 aliphatic rings. The Kier molecular flexibility index (Phi) is 9.62. The molecule has 0 spiro atoms. The first-order chi connectivity index (χ1) is 13.9. The third-order valence-corrected chi connectivity index (χ3v) is 4.50. The van der Waals surface area contributed by atoms with Gasteiger partial charge in [0, 0.05) is 0 Å². The third-order valence-electron chi connectivity index (χ3n) is 4.50. The summed E-state index contributed by atoms with van der Waals surface area (Å²) < 4.78 is 0. The summed E-state index contributed by atoms with van der Waals surface area (Å²) >= 11 is 0. The molecule has 8 N–H and O–H groups in total. The Morgan fingerprint density at radius 1 is 0.933 bits per heavy atom. The Bertz CT molecular complexity index is 662. The van der Waals surface area contributed by atoms with Crippen molar-refractivity contribution in [2.45, 2.75) is 69.5 Å². The van der Waals surface area contributed by atoms with Crippen molar-refractivity contribution in [3.05, 3.63) is 0 Å². The molecule has 1 rings (SSSR count). The molecule has 1 fully saturated rings. The van der Waals surface area contributed by atoms with Gasteiger partial charge < -0.3 is 41.7 Å². The maximum absolute atomic E-state index is 12.5. The summed E-state index contributed by atoms with van der Waals surface area (Å²) in [6.07, 6.45) is -2.47. The number of amides is 3. The van der Waals surface area contributed by atoms with Crippen molar-refractivity contribution in [3.63, 3.8) is 0 Å². The smallest absolute Gasteiger partial charge is 0.328 e. The molecule has 0 bridgehead atoms. The second-order valence-corrected chi connectivity index (χ2v) is 7.10. The quantitative estimate of drug-likeness (QED) is 0.161. The van der Waals surface area contributed by atoms with E-state index in [0.29, 0.717) is 13.0 Å². The minimum absolute atomic E-state index is 0.516. The van der Waals surface area contributed by atoms with Crippen LogP contribution in [0.1, 0.15) is 33.1 Å². The summed E-state index contributed by atoms with van der Waals surface area (Å²) in [5.74, 6) is -5.65. The number of hydrogen-bond donors (Lipinski definition) is 8. The van der Waals surface area contributed by atoms with E-state index in [1.807, 2.05) is 5.32 Å². The number of carboxylic acids is 2. The van der Waals surface area contributed by atoms with Crippen molar-refractivity contribution in [2.24, 2.45) is 0 Å². The molecular formula is C17H28N4O9. The zero-order chi connectivity index (χ0) is 23.0. The van der Waals surface area contributed by atoms with E-state index in [1.165, 1.54) is 0 Å². The van der Waals surface area contributed by atoms with E-state index in [0.717, 1.165) is 20.3 Å². The van der Waals surface area contributed by atoms with E-state index in [1.54, 1.807) is 0 Å². The number of aliphatic carboxylic acids is 2. The zero-order valence-corrected chi connectivity index (χ0v) is 16.6. The normalized spacial score (nSPS) is 20.9. The van der Waals surface area contributed by atoms with Gasteiger partial charge in [0.1, 0.15) is 12.1 Å². The predicted octanol–water partition coefficient (Wildman–Crippen LogP) is -3.49. The average molecular weight is 432 g/mol. The van der Waals surface area contributed by atoms with Crippen LogP contribution in [0.5, 0.6) is 0 Å². The van der Waals surface area contributed by atoms with Gasteiger partial charge in [0.25, 0.3) is 0 Å². The van der Waals surface area contributed by atoms with Crippen molar-refractivity contribution >= 4 is 29.7 Å². The summed E-state index contributed by atoms with van der Waals surface area (Å²) in [4.78, 5) is 59.3. The van der Waals surface area contributed by atoms with Crippen LogP contribution in [0.25, 0.3) is 0 Å². The van der Waals surface area contributed by atoms with E-state index < -0.39 is 72.5 Å². The predicted molar refractivity (Wildman–Crippen MR) is 100 cm³/mol. The Balaban J connectivity index is 2.89. The van der Waals surface area contributed by atoms with Gasteiger partial charge >= 0.3 is 11.9 Å². The van der Waals surface area contributed by atoms with Gasteiger partial charge in [0.05, 0.1) is 24.7 Å². The van der Waals surface area contributed by atoms with Crippen LogP contribution in [-0.4, -0.2) is 93.0 Å². The molecule has 0 aliphatic carbocycles. The van der Waals surface area contributed by atoms with Gasteiger partial charge in [-0.15, -0.1) is 0 Å². The van der Waals surface area contributed by atoms with Gasteiger partial charge in [0.15, 0.2) is 6.04 Å². The Hall–Kier alpha value is -2.77. The lowest BCUT2D eigenvalue weighted by molar-refractivity contribution is -0.146. The largest absolute Gasteiger partial charge is 0.481 e. The van der Waals surface area contributed by atoms with Crippen LogP contribution >= 0.6 is 0 Å². The number of aliphatic hydroxyl groups is 2. The molecule has 6 atom stereocenters. The summed E-state index contributed by atoms with van der Waals surface area (Å²) in [5.41, 5.74) is 0. The number of carbonyl (C=O) groups excluding carboxylic acids is 3. The lowest BCUT2D eigenvalue weighted by atomic mass is 10.1. The molecule has 0 aromatic rings. The van der Waals surface area contributed by atoms with Crippen LogP contribution in [0.15, 0.2) is 0 Å². The number of aliphatic hydroxyl groups excluding tert-OH is 2. The molecular weight excluding hydrogens is 404 g/mol. The van der Waals surface area contributed by atoms with Crippen LogP contribution < -0.4 is 21.3 Å². The fraction of sp³-hybridized carbons (Fsp3) is 0.706. The monoisotopic (exact) mass is 432 g/mol. The molecule has 170 valence electrons. The molecule has 1 aliphatic heterocycles. The number of carboxylic acid groups (broad SMARTS) is 2. The lowest BCUT2D eigenvalue weighted by Crippen LogP contribution is -2.61. The fourth-order valence-corrected chi connectivity index (χ4v) is 2.86. The average Bonchev–Trinajstić information content (AvgIpc) is 3.16. The van der Waals surface area contributed by atoms with Gasteiger partial charge in [-0.2, -0.15) is 0 Å². The van der Waals surface area contributed by atoms with E-state index in [4.69, 9.17) is 10.2 Å². The van der Waals surface area contributed by atoms with Crippen LogP contribution in [0, 0.1) is 0 Å². The summed E-state index contributed by atoms with van der Waals surface area (Å²) in [6.45, 7) is 2.88. The molecule has 1 saturated heterocycles. The molecule has 0 radical (unpaired) electrons. The van der Waals surface area contributed by atoms with Crippen LogP contribution in [0.2, 0.25) is 0 Å². The first-order valence-corrected chi connectivity index (χ1v) is 9.39. The molecule has 30 heavy (non-hydrogen) atoms. The topological polar surface area (TPSA) is 214 Å². The van der Waals surface area contributed by atoms with Crippen molar-refractivity contribution < 1.29 is 44.4 Å². The van der Waals surface area contributed by atoms with Gasteiger partial charge in [-0.3, -0.25) is 19.2 Å². The summed E-state index contributed by atoms with van der Waals surface area (Å²) in [6, 6.07) is -5.46. The Morgan fingerprint density at radius 3 is 1.93 bits per heavy atom. The highest BCUT2D eigenvalue weighted by atomic mass is 16.4. The zero-order valence-electron chi connectivity index (χ0n) is 16.6. The standard InChI is InChI=1S/C17H28N4O9/c1-7(22)12(16(28)21-13(8(2)23)17(29)30)20-15(27)10(6-11(24)25)19-14(26)9-4-3-5-18-9/h7-10,12-13,18,22-23H,3-6H2,1-2H3,(H,19,26)(H,20,27)(H,21,28)(H,24,25)(H,29,30). The first kappa shape index (κ1) is 25.3. The fourth-order valence-electron chi connectivity index (χ4n) is 2.86. The van der Waals surface area contributed by atoms with E-state index in [9.17, 15) is 34.2 Å². The number of nitrogens with one attached hydrogen (secondary N) is 4. The van der Waals surface area contributed by atoms with Crippen LogP contribution in [0.3, 0.4) is 0 Å². The number of hydrogen-bond acceptors (Lipinski definition) is 8. The van der Waals surface area contributed by atoms with Crippen molar-refractivity contribution in [2.75, 3.05) is 6.54 Å². The highest BCUT2D eigenvalue weighted by molar-refractivity contribution is 5.96. The van der Waals surface area contributed by atoms with E-state index in [2.05, 4.69) is 16.0 Å². The maximum atomic E-state index is 12.5. The molecule has 0 aromatic carbocycles. The Morgan fingerprint density at radius 2 is 1.50 bits per heavy atom. The SMILES string of the molecule is CC(O)C(NC(=O)C(NC(=O)C(CC(=O)O)NC(=O)C1CCCN1)C(C)O)C(=O)O. The van der Waals surface area contributed by atoms with Gasteiger partial charge in [-0.1, -0.05) is 0 Å². The highest BCUT2D eigenvalue weighted by Gasteiger charge is 2.35. The molecule has 1 heterocycles. The second-order valence-electron chi connectivity index (χ2n) is 7.10. The number of carbonyl (C=O) groups is 5. The Labute approximate surface area is 172 Å². The van der Waals surface area contributed by atoms with Crippen molar-refractivity contribution in [3.8, 4) is 0 Å². The van der Waals surface area contributed by atoms with Crippen molar-refractivity contribution in [1.29, 1.82) is 0 Å². The van der Waals surface area contributed by atoms with Gasteiger partial charge in [-0.05, 0) is 33.2 Å². The molecule has 13 heteroatoms. The highest BCUT2D eigenvalue weighted by Crippen LogP contribution is 2.06. The summed E-state index contributed by atoms with van der Waals surface area (Å²) in [7, 11) is 0. The minimum Gasteiger partial charge on any atom is -0.481 e. The van der Waals surface area contributed by atoms with E-state index >= 15 is 0 Å². The van der Waals surface area contributed by atoms with Crippen LogP contribution in [-0.2, 0) is 24.0 Å². The third kappa shape index (κ3) is 7.57. The number of rotatable bonds is 11. The van der Waals surface area contributed by atoms with Gasteiger partial charge in [0.2, 0.25) is 17.7 Å². The first-order valence-electron chi connectivity index (χ1n) is 9.39. The van der Waals surface area contributed by atoms with E-state index in [-0.39, 0.29) is 0 Å². The molecule has 13 nitrogen and oxygen atoms in total. The van der Waals surface area contributed by atoms with Gasteiger partial charge in [-0.25, -0.2) is 4.79 Å². The lowest BCUT2D eigenvalue weighted by Gasteiger charge is -2.26. The molecule has 6 unspecified atom stereocenters. The molecule has 0 aromatic heterocycles. The summed E-state index contributed by atoms with van der Waals surface area (Å²) in [5, 5.41) is 46.7. The second kappa shape index (κ2) is 11.4. The molecule has 3 amide bonds. The molecule has 0 saturated carbocycles. The van der Waals surface area contributed by atoms with Crippen LogP contribution in [0.4, 0.5) is 0 Å². The van der Waals surface area contributed by atoms with Crippen molar-refractivity contribution in [1.82, 2.24) is 21.3 Å². The maximum Gasteiger partial charge on any atom is 0.328 e. The minimum atomic E-state index is -1.70.